The van der Waals surface area contributed by atoms with Crippen LogP contribution in [0.25, 0.3) is 10.2 Å². The van der Waals surface area contributed by atoms with Crippen LogP contribution in [0.5, 0.6) is 0 Å². The summed E-state index contributed by atoms with van der Waals surface area (Å²) in [6.07, 6.45) is 1.87. The average Bonchev–Trinajstić information content (AvgIpc) is 2.67. The Bertz CT molecular complexity index is 526. The van der Waals surface area contributed by atoms with Gasteiger partial charge in [-0.3, -0.25) is 0 Å². The van der Waals surface area contributed by atoms with Crippen molar-refractivity contribution in [3.05, 3.63) is 21.9 Å². The van der Waals surface area contributed by atoms with Gasteiger partial charge in [0.25, 0.3) is 0 Å². The van der Waals surface area contributed by atoms with Crippen molar-refractivity contribution >= 4 is 33.2 Å². The molecule has 0 aliphatic carbocycles. The Kier molecular flexibility index (Phi) is 3.97. The number of hydrogen-bond acceptors (Lipinski definition) is 4. The van der Waals surface area contributed by atoms with Crippen molar-refractivity contribution in [3.8, 4) is 0 Å². The summed E-state index contributed by atoms with van der Waals surface area (Å²) < 4.78 is 5.41. The number of rotatable bonds is 4. The number of ether oxygens (including phenoxy) is 1. The fraction of sp³-hybridized carbons (Fsp3) is 0.500. The first-order valence-electron chi connectivity index (χ1n) is 5.62. The second-order valence-corrected chi connectivity index (χ2v) is 5.55. The molecular weight excluding hydrogens is 256 g/mol. The molecule has 0 saturated heterocycles. The zero-order valence-corrected chi connectivity index (χ0v) is 11.7. The van der Waals surface area contributed by atoms with Crippen molar-refractivity contribution in [2.24, 2.45) is 0 Å². The van der Waals surface area contributed by atoms with E-state index in [0.717, 1.165) is 23.1 Å². The number of thiophene rings is 1. The molecule has 0 amide bonds. The van der Waals surface area contributed by atoms with Crippen LogP contribution in [-0.4, -0.2) is 17.1 Å². The molecule has 0 spiro atoms. The van der Waals surface area contributed by atoms with Gasteiger partial charge in [-0.2, -0.15) is 0 Å². The van der Waals surface area contributed by atoms with E-state index in [1.165, 1.54) is 4.88 Å². The second kappa shape index (κ2) is 5.29. The molecule has 0 bridgehead atoms. The third kappa shape index (κ3) is 2.59. The fourth-order valence-corrected chi connectivity index (χ4v) is 2.95. The number of nitrogens with zero attached hydrogens (tertiary/aromatic N) is 2. The minimum Gasteiger partial charge on any atom is -0.373 e. The van der Waals surface area contributed by atoms with Crippen molar-refractivity contribution in [2.45, 2.75) is 32.8 Å². The van der Waals surface area contributed by atoms with Crippen molar-refractivity contribution < 1.29 is 4.74 Å². The molecule has 0 radical (unpaired) electrons. The quantitative estimate of drug-likeness (QED) is 0.783. The number of fused-ring (bicyclic) bond motifs is 1. The van der Waals surface area contributed by atoms with Gasteiger partial charge in [-0.05, 0) is 19.4 Å². The van der Waals surface area contributed by atoms with Crippen LogP contribution in [0.4, 0.5) is 0 Å². The topological polar surface area (TPSA) is 35.0 Å². The van der Waals surface area contributed by atoms with E-state index in [2.05, 4.69) is 16.9 Å². The van der Waals surface area contributed by atoms with Crippen LogP contribution in [0.3, 0.4) is 0 Å². The molecule has 2 aromatic heterocycles. The minimum atomic E-state index is -0.0655. The van der Waals surface area contributed by atoms with Gasteiger partial charge in [0.15, 0.2) is 5.82 Å². The van der Waals surface area contributed by atoms with Crippen LogP contribution in [0.1, 0.15) is 36.6 Å². The van der Waals surface area contributed by atoms with Gasteiger partial charge in [-0.25, -0.2) is 9.97 Å². The van der Waals surface area contributed by atoms with E-state index in [4.69, 9.17) is 16.3 Å². The lowest BCUT2D eigenvalue weighted by molar-refractivity contribution is 0.0880. The summed E-state index contributed by atoms with van der Waals surface area (Å²) in [5, 5.41) is 1.46. The Balaban J connectivity index is 2.47. The van der Waals surface area contributed by atoms with Crippen molar-refractivity contribution in [2.75, 3.05) is 7.11 Å². The molecule has 3 nitrogen and oxygen atoms in total. The molecule has 0 N–H and O–H groups in total. The molecule has 1 atom stereocenters. The molecule has 0 aliphatic heterocycles. The lowest BCUT2D eigenvalue weighted by atomic mass is 10.2. The predicted octanol–water partition coefficient (Wildman–Crippen LogP) is 4.14. The van der Waals surface area contributed by atoms with Crippen LogP contribution < -0.4 is 0 Å². The predicted molar refractivity (Wildman–Crippen MR) is 71.8 cm³/mol. The highest BCUT2D eigenvalue weighted by atomic mass is 35.5. The summed E-state index contributed by atoms with van der Waals surface area (Å²) in [5.74, 6) is 0.689. The van der Waals surface area contributed by atoms with Gasteiger partial charge in [0, 0.05) is 17.4 Å². The summed E-state index contributed by atoms with van der Waals surface area (Å²) in [6.45, 7) is 4.16. The molecule has 2 heterocycles. The number of halogens is 1. The molecule has 2 aromatic rings. The van der Waals surface area contributed by atoms with Crippen LogP contribution in [0, 0.1) is 6.92 Å². The monoisotopic (exact) mass is 270 g/mol. The standard InChI is InChI=1S/C12H15ClN2OS/c1-4-5-9(16-3)11-14-10(13)8-6-7(2)17-12(8)15-11/h6,9H,4-5H2,1-3H3. The Morgan fingerprint density at radius 1 is 1.47 bits per heavy atom. The van der Waals surface area contributed by atoms with E-state index < -0.39 is 0 Å². The molecule has 0 saturated carbocycles. The lowest BCUT2D eigenvalue weighted by Gasteiger charge is -2.12. The SMILES string of the molecule is CCCC(OC)c1nc(Cl)c2cc(C)sc2n1. The Morgan fingerprint density at radius 3 is 2.88 bits per heavy atom. The van der Waals surface area contributed by atoms with E-state index >= 15 is 0 Å². The van der Waals surface area contributed by atoms with Crippen molar-refractivity contribution in [3.63, 3.8) is 0 Å². The molecule has 0 fully saturated rings. The molecule has 0 aliphatic rings. The van der Waals surface area contributed by atoms with Gasteiger partial charge < -0.3 is 4.74 Å². The van der Waals surface area contributed by atoms with Gasteiger partial charge in [-0.15, -0.1) is 11.3 Å². The average molecular weight is 271 g/mol. The van der Waals surface area contributed by atoms with Crippen LogP contribution >= 0.6 is 22.9 Å². The second-order valence-electron chi connectivity index (χ2n) is 3.96. The molecule has 0 aromatic carbocycles. The summed E-state index contributed by atoms with van der Waals surface area (Å²) >= 11 is 7.81. The summed E-state index contributed by atoms with van der Waals surface area (Å²) in [4.78, 5) is 11.0. The lowest BCUT2D eigenvalue weighted by Crippen LogP contribution is -2.06. The smallest absolute Gasteiger partial charge is 0.160 e. The summed E-state index contributed by atoms with van der Waals surface area (Å²) in [7, 11) is 1.68. The Hall–Kier alpha value is -0.710. The summed E-state index contributed by atoms with van der Waals surface area (Å²) in [6, 6.07) is 2.02. The molecule has 1 unspecified atom stereocenters. The first-order chi connectivity index (χ1) is 8.15. The highest BCUT2D eigenvalue weighted by molar-refractivity contribution is 7.18. The fourth-order valence-electron chi connectivity index (χ4n) is 1.78. The number of methoxy groups -OCH3 is 1. The van der Waals surface area contributed by atoms with Gasteiger partial charge in [-0.1, -0.05) is 24.9 Å². The number of hydrogen-bond donors (Lipinski definition) is 0. The minimum absolute atomic E-state index is 0.0655. The van der Waals surface area contributed by atoms with E-state index in [1.54, 1.807) is 18.4 Å². The molecule has 17 heavy (non-hydrogen) atoms. The van der Waals surface area contributed by atoms with Gasteiger partial charge >= 0.3 is 0 Å². The maximum Gasteiger partial charge on any atom is 0.160 e. The third-order valence-corrected chi connectivity index (χ3v) is 3.84. The Morgan fingerprint density at radius 2 is 2.24 bits per heavy atom. The van der Waals surface area contributed by atoms with Crippen LogP contribution in [0.15, 0.2) is 6.07 Å². The highest BCUT2D eigenvalue weighted by Gasteiger charge is 2.16. The number of aryl methyl sites for hydroxylation is 1. The summed E-state index contributed by atoms with van der Waals surface area (Å²) in [5.41, 5.74) is 0. The van der Waals surface area contributed by atoms with E-state index in [9.17, 15) is 0 Å². The largest absolute Gasteiger partial charge is 0.373 e. The number of aromatic nitrogens is 2. The van der Waals surface area contributed by atoms with Crippen molar-refractivity contribution in [1.82, 2.24) is 9.97 Å². The van der Waals surface area contributed by atoms with Crippen LogP contribution in [-0.2, 0) is 4.74 Å². The van der Waals surface area contributed by atoms with Gasteiger partial charge in [0.1, 0.15) is 16.1 Å². The normalized spacial score (nSPS) is 13.2. The molecule has 92 valence electrons. The third-order valence-electron chi connectivity index (χ3n) is 2.61. The van der Waals surface area contributed by atoms with Gasteiger partial charge in [0.2, 0.25) is 0 Å². The van der Waals surface area contributed by atoms with E-state index in [-0.39, 0.29) is 6.10 Å². The first kappa shape index (κ1) is 12.7. The van der Waals surface area contributed by atoms with E-state index in [0.29, 0.717) is 11.0 Å². The Labute approximate surface area is 110 Å². The van der Waals surface area contributed by atoms with E-state index in [1.807, 2.05) is 13.0 Å². The van der Waals surface area contributed by atoms with Crippen molar-refractivity contribution in [1.29, 1.82) is 0 Å². The molecular formula is C12H15ClN2OS. The van der Waals surface area contributed by atoms with Gasteiger partial charge in [0.05, 0.1) is 0 Å². The zero-order chi connectivity index (χ0) is 12.4. The maximum absolute atomic E-state index is 6.18. The molecule has 2 rings (SSSR count). The maximum atomic E-state index is 6.18. The molecule has 5 heteroatoms. The van der Waals surface area contributed by atoms with Crippen LogP contribution in [0.2, 0.25) is 5.15 Å². The first-order valence-corrected chi connectivity index (χ1v) is 6.81. The highest BCUT2D eigenvalue weighted by Crippen LogP contribution is 2.30. The zero-order valence-electron chi connectivity index (χ0n) is 10.2.